The second kappa shape index (κ2) is 8.35. The van der Waals surface area contributed by atoms with E-state index in [1.807, 2.05) is 35.7 Å². The van der Waals surface area contributed by atoms with Gasteiger partial charge in [0.25, 0.3) is 0 Å². The molecule has 1 aliphatic rings. The largest absolute Gasteiger partial charge is 0.326 e. The number of carbonyl (C=O) groups is 1. The van der Waals surface area contributed by atoms with Crippen molar-refractivity contribution in [2.24, 2.45) is 5.92 Å². The van der Waals surface area contributed by atoms with Gasteiger partial charge in [-0.25, -0.2) is 13.1 Å². The normalized spacial score (nSPS) is 20.7. The lowest BCUT2D eigenvalue weighted by molar-refractivity contribution is -0.120. The molecular weight excluding hydrogens is 392 g/mol. The first-order valence-corrected chi connectivity index (χ1v) is 12.0. The summed E-state index contributed by atoms with van der Waals surface area (Å²) < 4.78 is 26.6. The van der Waals surface area contributed by atoms with E-state index < -0.39 is 14.8 Å². The Morgan fingerprint density at radius 3 is 2.21 bits per heavy atom. The average molecular weight is 421 g/mol. The van der Waals surface area contributed by atoms with Crippen molar-refractivity contribution in [3.8, 4) is 10.4 Å². The molecule has 1 amide bonds. The van der Waals surface area contributed by atoms with Crippen LogP contribution >= 0.6 is 11.3 Å². The van der Waals surface area contributed by atoms with Crippen LogP contribution < -0.4 is 10.0 Å². The standard InChI is InChI=1S/C21H28N2O3S2/c1-21(2,3)28(25,26)23-18-12-8-16(9-13-18)20(24)22-17-10-6-15(7-11-17)19-5-4-14-27-19/h4-7,10-11,14,16,18,23H,8-9,12-13H2,1-3H3,(H,22,24)/t16-,18-. The minimum atomic E-state index is -3.36. The maximum absolute atomic E-state index is 12.6. The molecule has 5 nitrogen and oxygen atoms in total. The summed E-state index contributed by atoms with van der Waals surface area (Å²) in [6.07, 6.45) is 2.75. The zero-order chi connectivity index (χ0) is 20.4. The van der Waals surface area contributed by atoms with E-state index in [-0.39, 0.29) is 17.9 Å². The fourth-order valence-electron chi connectivity index (χ4n) is 3.27. The topological polar surface area (TPSA) is 75.3 Å². The van der Waals surface area contributed by atoms with Crippen LogP contribution in [0.4, 0.5) is 5.69 Å². The van der Waals surface area contributed by atoms with E-state index in [2.05, 4.69) is 16.1 Å². The van der Waals surface area contributed by atoms with E-state index in [4.69, 9.17) is 0 Å². The fraction of sp³-hybridized carbons (Fsp3) is 0.476. The summed E-state index contributed by atoms with van der Waals surface area (Å²) >= 11 is 1.69. The van der Waals surface area contributed by atoms with Crippen LogP contribution in [-0.2, 0) is 14.8 Å². The van der Waals surface area contributed by atoms with Crippen LogP contribution in [0.25, 0.3) is 10.4 Å². The Morgan fingerprint density at radius 1 is 1.04 bits per heavy atom. The van der Waals surface area contributed by atoms with E-state index in [1.165, 1.54) is 4.88 Å². The summed E-state index contributed by atoms with van der Waals surface area (Å²) in [6.45, 7) is 5.08. The molecule has 0 aliphatic heterocycles. The van der Waals surface area contributed by atoms with Gasteiger partial charge in [-0.2, -0.15) is 0 Å². The number of nitrogens with one attached hydrogen (secondary N) is 2. The van der Waals surface area contributed by atoms with E-state index in [9.17, 15) is 13.2 Å². The molecule has 1 aliphatic carbocycles. The van der Waals surface area contributed by atoms with Gasteiger partial charge in [0.2, 0.25) is 15.9 Å². The van der Waals surface area contributed by atoms with Crippen molar-refractivity contribution < 1.29 is 13.2 Å². The summed E-state index contributed by atoms with van der Waals surface area (Å²) in [5.41, 5.74) is 1.93. The highest BCUT2D eigenvalue weighted by atomic mass is 32.2. The molecule has 1 aromatic heterocycles. The molecule has 1 saturated carbocycles. The third-order valence-corrected chi connectivity index (χ3v) is 8.36. The SMILES string of the molecule is CC(C)(C)S(=O)(=O)N[C@H]1CC[C@H](C(=O)Nc2ccc(-c3cccs3)cc2)CC1. The number of hydrogen-bond acceptors (Lipinski definition) is 4. The predicted molar refractivity (Wildman–Crippen MR) is 116 cm³/mol. The van der Waals surface area contributed by atoms with Crippen LogP contribution in [0.15, 0.2) is 41.8 Å². The van der Waals surface area contributed by atoms with Crippen LogP contribution in [-0.4, -0.2) is 25.1 Å². The zero-order valence-electron chi connectivity index (χ0n) is 16.6. The van der Waals surface area contributed by atoms with Crippen molar-refractivity contribution in [3.63, 3.8) is 0 Å². The van der Waals surface area contributed by atoms with Crippen LogP contribution in [0.3, 0.4) is 0 Å². The van der Waals surface area contributed by atoms with Gasteiger partial charge in [0.05, 0.1) is 4.75 Å². The molecule has 0 saturated heterocycles. The highest BCUT2D eigenvalue weighted by molar-refractivity contribution is 7.90. The van der Waals surface area contributed by atoms with Crippen LogP contribution in [0.5, 0.6) is 0 Å². The molecule has 1 aromatic carbocycles. The first-order chi connectivity index (χ1) is 13.2. The Kier molecular flexibility index (Phi) is 6.27. The Bertz CT molecular complexity index is 890. The van der Waals surface area contributed by atoms with Gasteiger partial charge in [-0.15, -0.1) is 11.3 Å². The lowest BCUT2D eigenvalue weighted by Crippen LogP contribution is -2.46. The van der Waals surface area contributed by atoms with Gasteiger partial charge in [0.15, 0.2) is 0 Å². The van der Waals surface area contributed by atoms with E-state index in [1.54, 1.807) is 32.1 Å². The maximum atomic E-state index is 12.6. The molecule has 1 heterocycles. The van der Waals surface area contributed by atoms with Crippen LogP contribution in [0.2, 0.25) is 0 Å². The molecule has 1 fully saturated rings. The van der Waals surface area contributed by atoms with Gasteiger partial charge in [-0.3, -0.25) is 4.79 Å². The molecule has 0 unspecified atom stereocenters. The number of anilines is 1. The molecule has 0 radical (unpaired) electrons. The number of benzene rings is 1. The molecular formula is C21H28N2O3S2. The van der Waals surface area contributed by atoms with Gasteiger partial charge in [0.1, 0.15) is 0 Å². The lowest BCUT2D eigenvalue weighted by Gasteiger charge is -2.30. The van der Waals surface area contributed by atoms with E-state index >= 15 is 0 Å². The monoisotopic (exact) mass is 420 g/mol. The molecule has 2 N–H and O–H groups in total. The Labute approximate surface area is 171 Å². The Hall–Kier alpha value is -1.70. The van der Waals surface area contributed by atoms with Crippen molar-refractivity contribution in [2.45, 2.75) is 57.2 Å². The summed E-state index contributed by atoms with van der Waals surface area (Å²) in [5, 5.41) is 5.04. The number of sulfonamides is 1. The molecule has 28 heavy (non-hydrogen) atoms. The highest BCUT2D eigenvalue weighted by Crippen LogP contribution is 2.29. The Morgan fingerprint density at radius 2 is 1.68 bits per heavy atom. The van der Waals surface area contributed by atoms with Gasteiger partial charge in [0, 0.05) is 22.5 Å². The van der Waals surface area contributed by atoms with Gasteiger partial charge < -0.3 is 5.32 Å². The minimum absolute atomic E-state index is 0.0148. The molecule has 2 aromatic rings. The Balaban J connectivity index is 1.51. The van der Waals surface area contributed by atoms with Crippen molar-refractivity contribution in [1.82, 2.24) is 4.72 Å². The third kappa shape index (κ3) is 5.01. The van der Waals surface area contributed by atoms with Gasteiger partial charge in [-0.1, -0.05) is 18.2 Å². The zero-order valence-corrected chi connectivity index (χ0v) is 18.2. The summed E-state index contributed by atoms with van der Waals surface area (Å²) in [5.74, 6) is -0.0617. The van der Waals surface area contributed by atoms with E-state index in [0.717, 1.165) is 11.3 Å². The summed E-state index contributed by atoms with van der Waals surface area (Å²) in [6, 6.07) is 11.9. The quantitative estimate of drug-likeness (QED) is 0.740. The number of amides is 1. The molecule has 7 heteroatoms. The smallest absolute Gasteiger partial charge is 0.227 e. The third-order valence-electron chi connectivity index (χ3n) is 5.18. The summed E-state index contributed by atoms with van der Waals surface area (Å²) in [7, 11) is -3.36. The molecule has 0 bridgehead atoms. The molecule has 152 valence electrons. The van der Waals surface area contributed by atoms with Crippen molar-refractivity contribution >= 4 is 33.0 Å². The van der Waals surface area contributed by atoms with E-state index in [0.29, 0.717) is 25.7 Å². The average Bonchev–Trinajstić information content (AvgIpc) is 3.16. The molecule has 3 rings (SSSR count). The van der Waals surface area contributed by atoms with Crippen molar-refractivity contribution in [1.29, 1.82) is 0 Å². The lowest BCUT2D eigenvalue weighted by atomic mass is 9.86. The second-order valence-corrected chi connectivity index (χ2v) is 11.7. The van der Waals surface area contributed by atoms with Crippen molar-refractivity contribution in [3.05, 3.63) is 41.8 Å². The fourth-order valence-corrected chi connectivity index (χ4v) is 5.04. The second-order valence-electron chi connectivity index (χ2n) is 8.33. The number of rotatable bonds is 5. The van der Waals surface area contributed by atoms with Gasteiger partial charge in [-0.05, 0) is 75.6 Å². The number of hydrogen-bond donors (Lipinski definition) is 2. The minimum Gasteiger partial charge on any atom is -0.326 e. The first-order valence-electron chi connectivity index (χ1n) is 9.62. The van der Waals surface area contributed by atoms with Gasteiger partial charge >= 0.3 is 0 Å². The van der Waals surface area contributed by atoms with Crippen LogP contribution in [0, 0.1) is 5.92 Å². The molecule has 0 atom stereocenters. The van der Waals surface area contributed by atoms with Crippen LogP contribution in [0.1, 0.15) is 46.5 Å². The molecule has 0 spiro atoms. The number of thiophene rings is 1. The highest BCUT2D eigenvalue weighted by Gasteiger charge is 2.34. The summed E-state index contributed by atoms with van der Waals surface area (Å²) in [4.78, 5) is 13.8. The maximum Gasteiger partial charge on any atom is 0.227 e. The van der Waals surface area contributed by atoms with Crippen molar-refractivity contribution in [2.75, 3.05) is 5.32 Å². The number of carbonyl (C=O) groups excluding carboxylic acids is 1. The predicted octanol–water partition coefficient (Wildman–Crippen LogP) is 4.63. The first kappa shape index (κ1) is 21.0.